The first-order valence-corrected chi connectivity index (χ1v) is 12.5. The van der Waals surface area contributed by atoms with E-state index in [2.05, 4.69) is 22.9 Å². The highest BCUT2D eigenvalue weighted by Gasteiger charge is 1.95. The summed E-state index contributed by atoms with van der Waals surface area (Å²) in [4.78, 5) is 0. The first kappa shape index (κ1) is 28.3. The molecule has 0 aromatic rings. The van der Waals surface area contributed by atoms with Crippen LogP contribution >= 0.6 is 15.9 Å². The van der Waals surface area contributed by atoms with Crippen LogP contribution < -0.4 is 0 Å². The molecule has 0 aromatic carbocycles. The van der Waals surface area contributed by atoms with E-state index < -0.39 is 0 Å². The van der Waals surface area contributed by atoms with Crippen LogP contribution in [-0.2, 0) is 23.7 Å². The normalized spacial score (nSPS) is 11.4. The molecule has 170 valence electrons. The topological polar surface area (TPSA) is 46.2 Å². The van der Waals surface area contributed by atoms with Crippen LogP contribution in [0.15, 0.2) is 0 Å². The molecule has 0 aliphatic carbocycles. The third-order valence-electron chi connectivity index (χ3n) is 4.35. The van der Waals surface area contributed by atoms with E-state index in [4.69, 9.17) is 23.7 Å². The van der Waals surface area contributed by atoms with Gasteiger partial charge in [-0.05, 0) is 6.42 Å². The molecule has 0 spiro atoms. The Balaban J connectivity index is 2.96. The number of alkyl halides is 1. The van der Waals surface area contributed by atoms with Crippen molar-refractivity contribution in [3.05, 3.63) is 0 Å². The van der Waals surface area contributed by atoms with E-state index in [1.54, 1.807) is 0 Å². The maximum Gasteiger partial charge on any atom is 0.0701 e. The number of hydrogen-bond acceptors (Lipinski definition) is 5. The molecular weight excluding hydrogens is 424 g/mol. The molecular formula is C22H45BrO5. The standard InChI is InChI=1S/C22H45BrO5/c1-2-3-4-5-6-7-8-9-10-11-13-24-15-17-26-19-21-28-22-20-27-18-16-25-14-12-23/h2-22H2,1H3. The Bertz CT molecular complexity index is 243. The highest BCUT2D eigenvalue weighted by molar-refractivity contribution is 9.09. The van der Waals surface area contributed by atoms with E-state index >= 15 is 0 Å². The summed E-state index contributed by atoms with van der Waals surface area (Å²) in [6, 6.07) is 0. The van der Waals surface area contributed by atoms with E-state index in [-0.39, 0.29) is 0 Å². The molecule has 0 heterocycles. The lowest BCUT2D eigenvalue weighted by atomic mass is 10.1. The number of halogens is 1. The zero-order valence-electron chi connectivity index (χ0n) is 18.3. The zero-order valence-corrected chi connectivity index (χ0v) is 19.9. The molecule has 0 rings (SSSR count). The van der Waals surface area contributed by atoms with Gasteiger partial charge in [0.1, 0.15) is 0 Å². The predicted octanol–water partition coefficient (Wildman–Crippen LogP) is 5.39. The van der Waals surface area contributed by atoms with Crippen LogP contribution in [0.5, 0.6) is 0 Å². The van der Waals surface area contributed by atoms with Gasteiger partial charge in [-0.1, -0.05) is 80.6 Å². The molecule has 0 aliphatic heterocycles. The quantitative estimate of drug-likeness (QED) is 0.133. The van der Waals surface area contributed by atoms with Gasteiger partial charge in [0.15, 0.2) is 0 Å². The first-order chi connectivity index (χ1) is 13.9. The van der Waals surface area contributed by atoms with Gasteiger partial charge in [-0.25, -0.2) is 0 Å². The Hall–Kier alpha value is 0.280. The van der Waals surface area contributed by atoms with E-state index in [1.165, 1.54) is 64.2 Å². The molecule has 5 nitrogen and oxygen atoms in total. The van der Waals surface area contributed by atoms with Crippen molar-refractivity contribution in [3.63, 3.8) is 0 Å². The fourth-order valence-electron chi connectivity index (χ4n) is 2.73. The van der Waals surface area contributed by atoms with E-state index in [1.807, 2.05) is 0 Å². The summed E-state index contributed by atoms with van der Waals surface area (Å²) < 4.78 is 27.2. The molecule has 0 amide bonds. The summed E-state index contributed by atoms with van der Waals surface area (Å²) in [6.07, 6.45) is 13.6. The molecule has 0 radical (unpaired) electrons. The molecule has 0 bridgehead atoms. The maximum absolute atomic E-state index is 5.60. The fourth-order valence-corrected chi connectivity index (χ4v) is 2.96. The van der Waals surface area contributed by atoms with Crippen molar-refractivity contribution in [1.82, 2.24) is 0 Å². The Morgan fingerprint density at radius 2 is 0.714 bits per heavy atom. The Morgan fingerprint density at radius 3 is 1.11 bits per heavy atom. The summed E-state index contributed by atoms with van der Waals surface area (Å²) in [5.41, 5.74) is 0. The van der Waals surface area contributed by atoms with Crippen molar-refractivity contribution < 1.29 is 23.7 Å². The minimum atomic E-state index is 0.594. The minimum absolute atomic E-state index is 0.594. The van der Waals surface area contributed by atoms with Crippen LogP contribution in [0.4, 0.5) is 0 Å². The maximum atomic E-state index is 5.60. The van der Waals surface area contributed by atoms with E-state index in [0.29, 0.717) is 52.9 Å². The lowest BCUT2D eigenvalue weighted by molar-refractivity contribution is -0.0102. The van der Waals surface area contributed by atoms with Gasteiger partial charge in [-0.15, -0.1) is 0 Å². The van der Waals surface area contributed by atoms with Crippen LogP contribution in [0.1, 0.15) is 71.1 Å². The van der Waals surface area contributed by atoms with Crippen molar-refractivity contribution in [1.29, 1.82) is 0 Å². The van der Waals surface area contributed by atoms with Crippen molar-refractivity contribution >= 4 is 15.9 Å². The van der Waals surface area contributed by atoms with Gasteiger partial charge < -0.3 is 23.7 Å². The van der Waals surface area contributed by atoms with Crippen LogP contribution in [0.3, 0.4) is 0 Å². The second kappa shape index (κ2) is 27.3. The molecule has 0 aromatic heterocycles. The van der Waals surface area contributed by atoms with Crippen molar-refractivity contribution in [2.24, 2.45) is 0 Å². The molecule has 0 unspecified atom stereocenters. The van der Waals surface area contributed by atoms with Gasteiger partial charge in [0.2, 0.25) is 0 Å². The third-order valence-corrected chi connectivity index (χ3v) is 4.68. The second-order valence-electron chi connectivity index (χ2n) is 6.93. The Morgan fingerprint density at radius 1 is 0.393 bits per heavy atom. The summed E-state index contributed by atoms with van der Waals surface area (Å²) in [6.45, 7) is 8.81. The Kier molecular flexibility index (Phi) is 27.6. The van der Waals surface area contributed by atoms with Gasteiger partial charge in [0.05, 0.1) is 59.5 Å². The number of ether oxygens (including phenoxy) is 5. The summed E-state index contributed by atoms with van der Waals surface area (Å²) >= 11 is 3.31. The average Bonchev–Trinajstić information content (AvgIpc) is 2.71. The molecule has 0 aliphatic rings. The monoisotopic (exact) mass is 468 g/mol. The molecule has 0 atom stereocenters. The summed E-state index contributed by atoms with van der Waals surface area (Å²) in [5.74, 6) is 0. The first-order valence-electron chi connectivity index (χ1n) is 11.4. The molecule has 0 saturated carbocycles. The van der Waals surface area contributed by atoms with Crippen LogP contribution in [0.2, 0.25) is 0 Å². The van der Waals surface area contributed by atoms with Crippen LogP contribution in [0, 0.1) is 0 Å². The number of rotatable bonds is 25. The highest BCUT2D eigenvalue weighted by atomic mass is 79.9. The lowest BCUT2D eigenvalue weighted by Gasteiger charge is -2.08. The van der Waals surface area contributed by atoms with Crippen molar-refractivity contribution in [2.75, 3.05) is 71.4 Å². The largest absolute Gasteiger partial charge is 0.379 e. The highest BCUT2D eigenvalue weighted by Crippen LogP contribution is 2.10. The molecule has 0 fully saturated rings. The minimum Gasteiger partial charge on any atom is -0.379 e. The SMILES string of the molecule is CCCCCCCCCCCCOCCOCCOCCOCCOCCBr. The van der Waals surface area contributed by atoms with E-state index in [0.717, 1.165) is 18.5 Å². The fraction of sp³-hybridized carbons (Fsp3) is 1.00. The van der Waals surface area contributed by atoms with Crippen LogP contribution in [-0.4, -0.2) is 71.4 Å². The van der Waals surface area contributed by atoms with Crippen molar-refractivity contribution in [2.45, 2.75) is 71.1 Å². The number of unbranched alkanes of at least 4 members (excludes halogenated alkanes) is 9. The van der Waals surface area contributed by atoms with E-state index in [9.17, 15) is 0 Å². The molecule has 28 heavy (non-hydrogen) atoms. The van der Waals surface area contributed by atoms with Crippen LogP contribution in [0.25, 0.3) is 0 Å². The van der Waals surface area contributed by atoms with Gasteiger partial charge in [-0.3, -0.25) is 0 Å². The van der Waals surface area contributed by atoms with Gasteiger partial charge in [0, 0.05) is 11.9 Å². The average molecular weight is 470 g/mol. The van der Waals surface area contributed by atoms with Gasteiger partial charge >= 0.3 is 0 Å². The lowest BCUT2D eigenvalue weighted by Crippen LogP contribution is -2.13. The van der Waals surface area contributed by atoms with Gasteiger partial charge in [0.25, 0.3) is 0 Å². The Labute approximate surface area is 182 Å². The molecule has 6 heteroatoms. The number of hydrogen-bond donors (Lipinski definition) is 0. The smallest absolute Gasteiger partial charge is 0.0701 e. The summed E-state index contributed by atoms with van der Waals surface area (Å²) in [5, 5.41) is 0.862. The predicted molar refractivity (Wildman–Crippen MR) is 120 cm³/mol. The summed E-state index contributed by atoms with van der Waals surface area (Å²) in [7, 11) is 0. The second-order valence-corrected chi connectivity index (χ2v) is 7.73. The van der Waals surface area contributed by atoms with Crippen molar-refractivity contribution in [3.8, 4) is 0 Å². The third kappa shape index (κ3) is 26.3. The zero-order chi connectivity index (χ0) is 20.4. The van der Waals surface area contributed by atoms with Gasteiger partial charge in [-0.2, -0.15) is 0 Å². The molecule has 0 saturated heterocycles. The molecule has 0 N–H and O–H groups in total.